The van der Waals surface area contributed by atoms with Crippen LogP contribution in [-0.2, 0) is 0 Å². The highest BCUT2D eigenvalue weighted by Gasteiger charge is 2.16. The van der Waals surface area contributed by atoms with Crippen LogP contribution in [0.15, 0.2) is 12.3 Å². The second-order valence-electron chi connectivity index (χ2n) is 3.19. The normalized spacial score (nSPS) is 9.93. The number of nitriles is 1. The van der Waals surface area contributed by atoms with E-state index < -0.39 is 5.82 Å². The lowest BCUT2D eigenvalue weighted by Crippen LogP contribution is -2.12. The summed E-state index contributed by atoms with van der Waals surface area (Å²) in [6, 6.07) is 2.77. The smallest absolute Gasteiger partial charge is 0.186 e. The zero-order valence-corrected chi connectivity index (χ0v) is 7.91. The summed E-state index contributed by atoms with van der Waals surface area (Å²) in [5, 5.41) is 8.46. The van der Waals surface area contributed by atoms with Crippen molar-refractivity contribution in [2.45, 2.75) is 13.8 Å². The number of hydrogen-bond acceptors (Lipinski definition) is 3. The van der Waals surface area contributed by atoms with Gasteiger partial charge in [-0.15, -0.1) is 0 Å². The number of pyridine rings is 1. The van der Waals surface area contributed by atoms with Crippen molar-refractivity contribution in [1.82, 2.24) is 4.98 Å². The van der Waals surface area contributed by atoms with Crippen LogP contribution in [0.4, 0.5) is 4.39 Å². The molecule has 0 aromatic carbocycles. The molecule has 14 heavy (non-hydrogen) atoms. The summed E-state index contributed by atoms with van der Waals surface area (Å²) < 4.78 is 13.2. The molecule has 0 N–H and O–H groups in total. The first-order valence-electron chi connectivity index (χ1n) is 4.16. The number of nitrogens with zero attached hydrogens (tertiary/aromatic N) is 2. The molecule has 0 fully saturated rings. The predicted molar refractivity (Wildman–Crippen MR) is 48.1 cm³/mol. The molecule has 4 heteroatoms. The first kappa shape index (κ1) is 10.3. The van der Waals surface area contributed by atoms with Crippen LogP contribution in [0.3, 0.4) is 0 Å². The highest BCUT2D eigenvalue weighted by atomic mass is 19.1. The van der Waals surface area contributed by atoms with Gasteiger partial charge in [-0.3, -0.25) is 4.79 Å². The number of carbonyl (C=O) groups excluding carboxylic acids is 1. The lowest BCUT2D eigenvalue weighted by atomic mass is 10.1. The maximum atomic E-state index is 13.2. The molecule has 1 heterocycles. The Morgan fingerprint density at radius 2 is 2.29 bits per heavy atom. The fourth-order valence-corrected chi connectivity index (χ4v) is 0.954. The fraction of sp³-hybridized carbons (Fsp3) is 0.300. The van der Waals surface area contributed by atoms with Crippen molar-refractivity contribution in [3.8, 4) is 6.07 Å². The van der Waals surface area contributed by atoms with Gasteiger partial charge in [0, 0.05) is 12.1 Å². The predicted octanol–water partition coefficient (Wildman–Crippen LogP) is 1.93. The van der Waals surface area contributed by atoms with E-state index in [-0.39, 0.29) is 23.0 Å². The van der Waals surface area contributed by atoms with E-state index in [0.29, 0.717) is 0 Å². The minimum Gasteiger partial charge on any atom is -0.292 e. The largest absolute Gasteiger partial charge is 0.292 e. The Hall–Kier alpha value is -1.76. The molecular formula is C10H9FN2O. The van der Waals surface area contributed by atoms with Crippen molar-refractivity contribution >= 4 is 5.78 Å². The summed E-state index contributed by atoms with van der Waals surface area (Å²) in [6.07, 6.45) is 1.19. The molecule has 0 radical (unpaired) electrons. The van der Waals surface area contributed by atoms with Gasteiger partial charge in [-0.1, -0.05) is 13.8 Å². The molecule has 72 valence electrons. The molecule has 0 atom stereocenters. The number of rotatable bonds is 2. The molecule has 1 aromatic rings. The molecule has 0 saturated carbocycles. The van der Waals surface area contributed by atoms with Crippen LogP contribution in [0.25, 0.3) is 0 Å². The number of Topliss-reactive ketones (excluding diaryl/α,β-unsaturated/α-hetero) is 1. The first-order valence-corrected chi connectivity index (χ1v) is 4.16. The van der Waals surface area contributed by atoms with E-state index in [9.17, 15) is 9.18 Å². The fourth-order valence-electron chi connectivity index (χ4n) is 0.954. The van der Waals surface area contributed by atoms with E-state index in [4.69, 9.17) is 5.26 Å². The molecule has 0 aliphatic heterocycles. The van der Waals surface area contributed by atoms with Crippen LogP contribution >= 0.6 is 0 Å². The minimum absolute atomic E-state index is 0.114. The van der Waals surface area contributed by atoms with Crippen LogP contribution in [0, 0.1) is 23.1 Å². The summed E-state index contributed by atoms with van der Waals surface area (Å²) in [6.45, 7) is 3.34. The van der Waals surface area contributed by atoms with Gasteiger partial charge in [-0.2, -0.15) is 5.26 Å². The molecule has 0 amide bonds. The molecule has 1 rings (SSSR count). The molecule has 0 aliphatic rings. The summed E-state index contributed by atoms with van der Waals surface area (Å²) in [4.78, 5) is 15.0. The third kappa shape index (κ3) is 1.94. The average Bonchev–Trinajstić information content (AvgIpc) is 2.16. The quantitative estimate of drug-likeness (QED) is 0.673. The molecule has 0 bridgehead atoms. The van der Waals surface area contributed by atoms with Gasteiger partial charge in [0.05, 0.1) is 5.56 Å². The summed E-state index contributed by atoms with van der Waals surface area (Å²) >= 11 is 0. The summed E-state index contributed by atoms with van der Waals surface area (Å²) in [5.41, 5.74) is -0.0817. The molecule has 0 saturated heterocycles. The Balaban J connectivity index is 3.14. The zero-order valence-electron chi connectivity index (χ0n) is 7.91. The Morgan fingerprint density at radius 3 is 2.71 bits per heavy atom. The van der Waals surface area contributed by atoms with E-state index in [1.165, 1.54) is 6.20 Å². The number of hydrogen-bond donors (Lipinski definition) is 0. The van der Waals surface area contributed by atoms with Crippen LogP contribution < -0.4 is 0 Å². The zero-order chi connectivity index (χ0) is 10.7. The van der Waals surface area contributed by atoms with Gasteiger partial charge < -0.3 is 0 Å². The van der Waals surface area contributed by atoms with E-state index >= 15 is 0 Å². The first-order chi connectivity index (χ1) is 6.56. The van der Waals surface area contributed by atoms with Gasteiger partial charge >= 0.3 is 0 Å². The van der Waals surface area contributed by atoms with Gasteiger partial charge in [0.2, 0.25) is 0 Å². The third-order valence-electron chi connectivity index (χ3n) is 1.73. The number of ketones is 1. The van der Waals surface area contributed by atoms with Crippen molar-refractivity contribution in [3.63, 3.8) is 0 Å². The van der Waals surface area contributed by atoms with E-state index in [2.05, 4.69) is 4.98 Å². The molecule has 0 unspecified atom stereocenters. The van der Waals surface area contributed by atoms with Gasteiger partial charge in [0.25, 0.3) is 0 Å². The lowest BCUT2D eigenvalue weighted by Gasteiger charge is -2.03. The average molecular weight is 192 g/mol. The van der Waals surface area contributed by atoms with Crippen molar-refractivity contribution < 1.29 is 9.18 Å². The second-order valence-corrected chi connectivity index (χ2v) is 3.19. The van der Waals surface area contributed by atoms with Gasteiger partial charge in [0.1, 0.15) is 11.8 Å². The van der Waals surface area contributed by atoms with E-state index in [0.717, 1.165) is 6.07 Å². The lowest BCUT2D eigenvalue weighted by molar-refractivity contribution is 0.0930. The van der Waals surface area contributed by atoms with Crippen LogP contribution in [0.5, 0.6) is 0 Å². The Labute approximate surface area is 81.2 Å². The maximum Gasteiger partial charge on any atom is 0.186 e. The maximum absolute atomic E-state index is 13.2. The van der Waals surface area contributed by atoms with Crippen molar-refractivity contribution in [3.05, 3.63) is 29.3 Å². The van der Waals surface area contributed by atoms with Crippen LogP contribution in [0.1, 0.15) is 29.9 Å². The van der Waals surface area contributed by atoms with Crippen LogP contribution in [-0.4, -0.2) is 10.8 Å². The Kier molecular flexibility index (Phi) is 2.92. The topological polar surface area (TPSA) is 53.8 Å². The monoisotopic (exact) mass is 192 g/mol. The number of carbonyl (C=O) groups is 1. The standard InChI is InChI=1S/C10H9FN2O/c1-6(2)10(14)9-8(11)3-7(4-12)5-13-9/h3,5-6H,1-2H3. The highest BCUT2D eigenvalue weighted by molar-refractivity contribution is 5.95. The second kappa shape index (κ2) is 3.97. The Bertz CT molecular complexity index is 407. The number of halogens is 1. The Morgan fingerprint density at radius 1 is 1.64 bits per heavy atom. The van der Waals surface area contributed by atoms with Crippen molar-refractivity contribution in [2.24, 2.45) is 5.92 Å². The van der Waals surface area contributed by atoms with Gasteiger partial charge in [-0.25, -0.2) is 9.37 Å². The van der Waals surface area contributed by atoms with Gasteiger partial charge in [0.15, 0.2) is 11.6 Å². The molecule has 1 aromatic heterocycles. The molecule has 0 spiro atoms. The van der Waals surface area contributed by atoms with E-state index in [1.54, 1.807) is 19.9 Å². The SMILES string of the molecule is CC(C)C(=O)c1ncc(C#N)cc1F. The van der Waals surface area contributed by atoms with Crippen molar-refractivity contribution in [1.29, 1.82) is 5.26 Å². The molecule has 0 aliphatic carbocycles. The number of aromatic nitrogens is 1. The highest BCUT2D eigenvalue weighted by Crippen LogP contribution is 2.11. The van der Waals surface area contributed by atoms with Crippen molar-refractivity contribution in [2.75, 3.05) is 0 Å². The van der Waals surface area contributed by atoms with Gasteiger partial charge in [-0.05, 0) is 6.07 Å². The third-order valence-corrected chi connectivity index (χ3v) is 1.73. The summed E-state index contributed by atoms with van der Waals surface area (Å²) in [5.74, 6) is -1.39. The van der Waals surface area contributed by atoms with E-state index in [1.807, 2.05) is 0 Å². The summed E-state index contributed by atoms with van der Waals surface area (Å²) in [7, 11) is 0. The molecule has 3 nitrogen and oxygen atoms in total. The minimum atomic E-state index is -0.734. The molecular weight excluding hydrogens is 183 g/mol. The van der Waals surface area contributed by atoms with Crippen LogP contribution in [0.2, 0.25) is 0 Å².